The second-order valence-electron chi connectivity index (χ2n) is 7.36. The van der Waals surface area contributed by atoms with E-state index in [0.717, 1.165) is 62.9 Å². The van der Waals surface area contributed by atoms with E-state index in [1.165, 1.54) is 12.8 Å². The third kappa shape index (κ3) is 4.44. The van der Waals surface area contributed by atoms with Crippen LogP contribution in [0.3, 0.4) is 0 Å². The van der Waals surface area contributed by atoms with E-state index >= 15 is 0 Å². The van der Waals surface area contributed by atoms with Crippen LogP contribution in [0, 0.1) is 0 Å². The molecule has 2 aliphatic rings. The lowest BCUT2D eigenvalue weighted by Crippen LogP contribution is -2.49. The van der Waals surface area contributed by atoms with Crippen molar-refractivity contribution in [1.29, 1.82) is 0 Å². The number of nitrogens with zero attached hydrogens (tertiary/aromatic N) is 4. The van der Waals surface area contributed by atoms with Crippen molar-refractivity contribution in [1.82, 2.24) is 14.8 Å². The first kappa shape index (κ1) is 18.7. The summed E-state index contributed by atoms with van der Waals surface area (Å²) in [5.41, 5.74) is 0.741. The van der Waals surface area contributed by atoms with Gasteiger partial charge in [-0.3, -0.25) is 9.69 Å². The second-order valence-corrected chi connectivity index (χ2v) is 7.36. The Labute approximate surface area is 166 Å². The average Bonchev–Trinajstić information content (AvgIpc) is 3.29. The first-order chi connectivity index (χ1) is 13.8. The second kappa shape index (κ2) is 9.06. The molecule has 3 heterocycles. The van der Waals surface area contributed by atoms with E-state index in [1.807, 2.05) is 47.4 Å². The van der Waals surface area contributed by atoms with Crippen molar-refractivity contribution in [2.24, 2.45) is 0 Å². The van der Waals surface area contributed by atoms with E-state index in [-0.39, 0.29) is 5.91 Å². The van der Waals surface area contributed by atoms with Crippen molar-refractivity contribution >= 4 is 11.7 Å². The van der Waals surface area contributed by atoms with Crippen LogP contribution in [0.25, 0.3) is 0 Å². The number of aromatic nitrogens is 1. The molecule has 6 heteroatoms. The molecule has 2 aromatic rings. The van der Waals surface area contributed by atoms with Crippen LogP contribution < -0.4 is 9.64 Å². The smallest absolute Gasteiger partial charge is 0.257 e. The van der Waals surface area contributed by atoms with Gasteiger partial charge in [-0.05, 0) is 37.1 Å². The molecule has 0 saturated carbocycles. The van der Waals surface area contributed by atoms with E-state index in [1.54, 1.807) is 6.20 Å². The number of hydrogen-bond acceptors (Lipinski definition) is 5. The summed E-state index contributed by atoms with van der Waals surface area (Å²) in [6.07, 6.45) is 4.14. The fourth-order valence-corrected chi connectivity index (χ4v) is 3.90. The van der Waals surface area contributed by atoms with Crippen LogP contribution in [0.1, 0.15) is 23.2 Å². The van der Waals surface area contributed by atoms with Gasteiger partial charge in [0, 0.05) is 52.0 Å². The highest BCUT2D eigenvalue weighted by Gasteiger charge is 2.26. The predicted octanol–water partition coefficient (Wildman–Crippen LogP) is 2.52. The number of carbonyl (C=O) groups excluding carboxylic acids is 1. The maximum Gasteiger partial charge on any atom is 0.257 e. The van der Waals surface area contributed by atoms with Gasteiger partial charge in [-0.15, -0.1) is 0 Å². The highest BCUT2D eigenvalue weighted by atomic mass is 16.5. The maximum atomic E-state index is 13.1. The molecular formula is C22H28N4O2. The topological polar surface area (TPSA) is 48.9 Å². The van der Waals surface area contributed by atoms with Gasteiger partial charge >= 0.3 is 0 Å². The number of ether oxygens (including phenoxy) is 1. The van der Waals surface area contributed by atoms with Crippen LogP contribution in [-0.4, -0.2) is 73.1 Å². The summed E-state index contributed by atoms with van der Waals surface area (Å²) in [5, 5.41) is 0. The summed E-state index contributed by atoms with van der Waals surface area (Å²) in [5.74, 6) is 1.86. The Morgan fingerprint density at radius 2 is 1.68 bits per heavy atom. The number of anilines is 1. The molecule has 148 valence electrons. The molecule has 0 aliphatic carbocycles. The van der Waals surface area contributed by atoms with Gasteiger partial charge in [0.25, 0.3) is 5.91 Å². The number of benzene rings is 1. The van der Waals surface area contributed by atoms with Crippen LogP contribution in [-0.2, 0) is 0 Å². The lowest BCUT2D eigenvalue weighted by Gasteiger charge is -2.35. The van der Waals surface area contributed by atoms with Gasteiger partial charge in [0.05, 0.1) is 5.56 Å². The molecule has 2 fully saturated rings. The fourth-order valence-electron chi connectivity index (χ4n) is 3.90. The molecule has 0 atom stereocenters. The lowest BCUT2D eigenvalue weighted by atomic mass is 10.2. The molecule has 28 heavy (non-hydrogen) atoms. The molecular weight excluding hydrogens is 352 g/mol. The van der Waals surface area contributed by atoms with E-state index in [0.29, 0.717) is 6.61 Å². The van der Waals surface area contributed by atoms with Crippen molar-refractivity contribution in [2.45, 2.75) is 12.8 Å². The molecule has 2 aliphatic heterocycles. The Morgan fingerprint density at radius 3 is 2.43 bits per heavy atom. The lowest BCUT2D eigenvalue weighted by molar-refractivity contribution is 0.0620. The minimum absolute atomic E-state index is 0.107. The molecule has 0 N–H and O–H groups in total. The largest absolute Gasteiger partial charge is 0.492 e. The van der Waals surface area contributed by atoms with Gasteiger partial charge in [-0.2, -0.15) is 0 Å². The van der Waals surface area contributed by atoms with Crippen molar-refractivity contribution in [3.63, 3.8) is 0 Å². The molecule has 6 nitrogen and oxygen atoms in total. The van der Waals surface area contributed by atoms with E-state index in [4.69, 9.17) is 4.74 Å². The number of amides is 1. The third-order valence-electron chi connectivity index (χ3n) is 5.50. The Hall–Kier alpha value is -2.60. The minimum atomic E-state index is 0.107. The molecule has 1 aromatic carbocycles. The number of para-hydroxylation sites is 1. The first-order valence-corrected chi connectivity index (χ1v) is 10.2. The van der Waals surface area contributed by atoms with E-state index in [9.17, 15) is 4.79 Å². The Bertz CT molecular complexity index is 769. The number of hydrogen-bond donors (Lipinski definition) is 0. The van der Waals surface area contributed by atoms with Gasteiger partial charge in [-0.25, -0.2) is 4.98 Å². The predicted molar refractivity (Wildman–Crippen MR) is 110 cm³/mol. The van der Waals surface area contributed by atoms with Gasteiger partial charge < -0.3 is 14.5 Å². The van der Waals surface area contributed by atoms with Crippen LogP contribution >= 0.6 is 0 Å². The summed E-state index contributed by atoms with van der Waals surface area (Å²) >= 11 is 0. The summed E-state index contributed by atoms with van der Waals surface area (Å²) in [7, 11) is 0. The van der Waals surface area contributed by atoms with Gasteiger partial charge in [0.1, 0.15) is 18.2 Å². The molecule has 0 unspecified atom stereocenters. The number of rotatable bonds is 6. The highest BCUT2D eigenvalue weighted by Crippen LogP contribution is 2.23. The zero-order valence-electron chi connectivity index (χ0n) is 16.3. The molecule has 1 amide bonds. The standard InChI is InChI=1S/C22H28N4O2/c27-22(20-9-6-10-23-21(20)25-11-4-5-12-25)26-15-13-24(14-16-26)17-18-28-19-7-2-1-3-8-19/h1-3,6-10H,4-5,11-18H2. The summed E-state index contributed by atoms with van der Waals surface area (Å²) in [4.78, 5) is 24.2. The quantitative estimate of drug-likeness (QED) is 0.771. The Kier molecular flexibility index (Phi) is 6.07. The Balaban J connectivity index is 1.28. The average molecular weight is 380 g/mol. The van der Waals surface area contributed by atoms with E-state index in [2.05, 4.69) is 14.8 Å². The number of carbonyl (C=O) groups is 1. The highest BCUT2D eigenvalue weighted by molar-refractivity contribution is 5.99. The molecule has 4 rings (SSSR count). The molecule has 2 saturated heterocycles. The van der Waals surface area contributed by atoms with Crippen molar-refractivity contribution in [2.75, 3.05) is 57.3 Å². The monoisotopic (exact) mass is 380 g/mol. The minimum Gasteiger partial charge on any atom is -0.492 e. The van der Waals surface area contributed by atoms with Crippen molar-refractivity contribution < 1.29 is 9.53 Å². The van der Waals surface area contributed by atoms with Crippen molar-refractivity contribution in [3.05, 3.63) is 54.2 Å². The zero-order chi connectivity index (χ0) is 19.2. The molecule has 0 bridgehead atoms. The van der Waals surface area contributed by atoms with Gasteiger partial charge in [0.2, 0.25) is 0 Å². The SMILES string of the molecule is O=C(c1cccnc1N1CCCC1)N1CCN(CCOc2ccccc2)CC1. The van der Waals surface area contributed by atoms with Crippen LogP contribution in [0.2, 0.25) is 0 Å². The third-order valence-corrected chi connectivity index (χ3v) is 5.50. The van der Waals surface area contributed by atoms with Crippen LogP contribution in [0.5, 0.6) is 5.75 Å². The van der Waals surface area contributed by atoms with Crippen LogP contribution in [0.4, 0.5) is 5.82 Å². The van der Waals surface area contributed by atoms with E-state index < -0.39 is 0 Å². The Morgan fingerprint density at radius 1 is 0.929 bits per heavy atom. The fraction of sp³-hybridized carbons (Fsp3) is 0.455. The number of pyridine rings is 1. The first-order valence-electron chi connectivity index (χ1n) is 10.2. The van der Waals surface area contributed by atoms with Gasteiger partial charge in [-0.1, -0.05) is 18.2 Å². The van der Waals surface area contributed by atoms with Crippen molar-refractivity contribution in [3.8, 4) is 5.75 Å². The summed E-state index contributed by atoms with van der Waals surface area (Å²) < 4.78 is 5.79. The molecule has 0 spiro atoms. The maximum absolute atomic E-state index is 13.1. The molecule has 1 aromatic heterocycles. The number of piperazine rings is 1. The molecule has 0 radical (unpaired) electrons. The zero-order valence-corrected chi connectivity index (χ0v) is 16.3. The summed E-state index contributed by atoms with van der Waals surface area (Å²) in [6, 6.07) is 13.7. The van der Waals surface area contributed by atoms with Crippen LogP contribution in [0.15, 0.2) is 48.7 Å². The normalized spacial score (nSPS) is 17.7. The van der Waals surface area contributed by atoms with Gasteiger partial charge in [0.15, 0.2) is 0 Å². The summed E-state index contributed by atoms with van der Waals surface area (Å²) in [6.45, 7) is 6.78.